The van der Waals surface area contributed by atoms with Crippen LogP contribution in [0, 0.1) is 0 Å². The maximum atomic E-state index is 3.52. The third-order valence-electron chi connectivity index (χ3n) is 4.07. The van der Waals surface area contributed by atoms with Gasteiger partial charge in [0.05, 0.1) is 0 Å². The molecule has 0 saturated carbocycles. The molecule has 0 aliphatic heterocycles. The molecule has 0 aromatic heterocycles. The molecule has 0 bridgehead atoms. The highest BCUT2D eigenvalue weighted by Gasteiger charge is 1.97. The number of hydrogen-bond donors (Lipinski definition) is 0. The Morgan fingerprint density at radius 2 is 1.04 bits per heavy atom. The van der Waals surface area contributed by atoms with Crippen molar-refractivity contribution < 1.29 is 0 Å². The van der Waals surface area contributed by atoms with Gasteiger partial charge in [0, 0.05) is 4.47 Å². The molecule has 23 heavy (non-hydrogen) atoms. The molecular formula is C22H15Br. The number of halogens is 1. The SMILES string of the molecule is Brc1ccc2cc(C=Cc3ccc4ccccc4c3)ccc2c1. The van der Waals surface area contributed by atoms with Crippen molar-refractivity contribution in [3.8, 4) is 0 Å². The van der Waals surface area contributed by atoms with Crippen LogP contribution in [0.25, 0.3) is 33.7 Å². The topological polar surface area (TPSA) is 0 Å². The summed E-state index contributed by atoms with van der Waals surface area (Å²) >= 11 is 3.52. The Kier molecular flexibility index (Phi) is 3.72. The molecule has 4 rings (SSSR count). The van der Waals surface area contributed by atoms with E-state index in [0.29, 0.717) is 0 Å². The zero-order chi connectivity index (χ0) is 15.6. The standard InChI is InChI=1S/C22H15Br/c23-22-12-11-20-14-17(8-10-21(20)15-22)6-5-16-7-9-18-3-1-2-4-19(18)13-16/h1-15H. The van der Waals surface area contributed by atoms with E-state index in [2.05, 4.69) is 107 Å². The maximum Gasteiger partial charge on any atom is 0.0181 e. The third-order valence-corrected chi connectivity index (χ3v) is 4.56. The van der Waals surface area contributed by atoms with E-state index in [4.69, 9.17) is 0 Å². The summed E-state index contributed by atoms with van der Waals surface area (Å²) in [4.78, 5) is 0. The lowest BCUT2D eigenvalue weighted by Gasteiger charge is -2.02. The summed E-state index contributed by atoms with van der Waals surface area (Å²) in [5.41, 5.74) is 2.44. The summed E-state index contributed by atoms with van der Waals surface area (Å²) < 4.78 is 1.12. The van der Waals surface area contributed by atoms with Gasteiger partial charge in [0.25, 0.3) is 0 Å². The Morgan fingerprint density at radius 1 is 0.522 bits per heavy atom. The van der Waals surface area contributed by atoms with E-state index in [0.717, 1.165) is 4.47 Å². The molecule has 0 spiro atoms. The van der Waals surface area contributed by atoms with Crippen LogP contribution in [0.3, 0.4) is 0 Å². The monoisotopic (exact) mass is 358 g/mol. The zero-order valence-electron chi connectivity index (χ0n) is 12.5. The molecule has 110 valence electrons. The lowest BCUT2D eigenvalue weighted by atomic mass is 10.0. The number of rotatable bonds is 2. The minimum absolute atomic E-state index is 1.12. The number of benzene rings is 4. The van der Waals surface area contributed by atoms with Crippen molar-refractivity contribution in [3.63, 3.8) is 0 Å². The second-order valence-corrected chi connectivity index (χ2v) is 6.61. The van der Waals surface area contributed by atoms with Gasteiger partial charge >= 0.3 is 0 Å². The highest BCUT2D eigenvalue weighted by Crippen LogP contribution is 2.22. The van der Waals surface area contributed by atoms with Crippen LogP contribution in [-0.2, 0) is 0 Å². The number of hydrogen-bond acceptors (Lipinski definition) is 0. The maximum absolute atomic E-state index is 3.52. The van der Waals surface area contributed by atoms with Crippen molar-refractivity contribution in [2.24, 2.45) is 0 Å². The van der Waals surface area contributed by atoms with Gasteiger partial charge in [-0.2, -0.15) is 0 Å². The van der Waals surface area contributed by atoms with E-state index in [1.165, 1.54) is 32.7 Å². The second kappa shape index (κ2) is 6.02. The normalized spacial score (nSPS) is 11.5. The molecule has 0 nitrogen and oxygen atoms in total. The molecule has 0 amide bonds. The van der Waals surface area contributed by atoms with E-state index < -0.39 is 0 Å². The first-order valence-corrected chi connectivity index (χ1v) is 8.43. The summed E-state index contributed by atoms with van der Waals surface area (Å²) in [6.45, 7) is 0. The predicted octanol–water partition coefficient (Wildman–Crippen LogP) is 6.93. The predicted molar refractivity (Wildman–Crippen MR) is 105 cm³/mol. The number of fused-ring (bicyclic) bond motifs is 2. The Balaban J connectivity index is 1.67. The second-order valence-electron chi connectivity index (χ2n) is 5.69. The van der Waals surface area contributed by atoms with E-state index in [9.17, 15) is 0 Å². The summed E-state index contributed by atoms with van der Waals surface area (Å²) in [6, 6.07) is 27.9. The van der Waals surface area contributed by atoms with Crippen molar-refractivity contribution in [1.82, 2.24) is 0 Å². The molecule has 0 radical (unpaired) electrons. The molecule has 0 aliphatic rings. The van der Waals surface area contributed by atoms with Crippen molar-refractivity contribution in [2.75, 3.05) is 0 Å². The fourth-order valence-electron chi connectivity index (χ4n) is 2.84. The zero-order valence-corrected chi connectivity index (χ0v) is 14.1. The van der Waals surface area contributed by atoms with Crippen molar-refractivity contribution >= 4 is 49.6 Å². The Labute approximate surface area is 144 Å². The van der Waals surface area contributed by atoms with Gasteiger partial charge in [-0.3, -0.25) is 0 Å². The summed E-state index contributed by atoms with van der Waals surface area (Å²) in [6.07, 6.45) is 4.35. The minimum Gasteiger partial charge on any atom is -0.0616 e. The van der Waals surface area contributed by atoms with Crippen LogP contribution < -0.4 is 0 Å². The van der Waals surface area contributed by atoms with Crippen LogP contribution in [0.5, 0.6) is 0 Å². The van der Waals surface area contributed by atoms with Crippen LogP contribution in [0.2, 0.25) is 0 Å². The summed E-state index contributed by atoms with van der Waals surface area (Å²) in [5, 5.41) is 5.06. The van der Waals surface area contributed by atoms with Crippen molar-refractivity contribution in [1.29, 1.82) is 0 Å². The fourth-order valence-corrected chi connectivity index (χ4v) is 3.22. The summed E-state index contributed by atoms with van der Waals surface area (Å²) in [5.74, 6) is 0. The van der Waals surface area contributed by atoms with Gasteiger partial charge in [-0.15, -0.1) is 0 Å². The molecular weight excluding hydrogens is 344 g/mol. The van der Waals surface area contributed by atoms with Crippen LogP contribution in [0.1, 0.15) is 11.1 Å². The van der Waals surface area contributed by atoms with Gasteiger partial charge in [-0.1, -0.05) is 82.7 Å². The van der Waals surface area contributed by atoms with Crippen molar-refractivity contribution in [2.45, 2.75) is 0 Å². The fraction of sp³-hybridized carbons (Fsp3) is 0. The highest BCUT2D eigenvalue weighted by atomic mass is 79.9. The van der Waals surface area contributed by atoms with Crippen LogP contribution in [-0.4, -0.2) is 0 Å². The first-order chi connectivity index (χ1) is 11.3. The lowest BCUT2D eigenvalue weighted by Crippen LogP contribution is -1.77. The molecule has 0 N–H and O–H groups in total. The molecule has 0 unspecified atom stereocenters. The van der Waals surface area contributed by atoms with E-state index in [1.54, 1.807) is 0 Å². The van der Waals surface area contributed by atoms with Gasteiger partial charge in [0.1, 0.15) is 0 Å². The van der Waals surface area contributed by atoms with E-state index in [1.807, 2.05) is 0 Å². The first kappa shape index (κ1) is 14.2. The van der Waals surface area contributed by atoms with Crippen LogP contribution in [0.15, 0.2) is 83.3 Å². The average Bonchev–Trinajstić information content (AvgIpc) is 2.59. The Bertz CT molecular complexity index is 1030. The largest absolute Gasteiger partial charge is 0.0616 e. The smallest absolute Gasteiger partial charge is 0.0181 e. The highest BCUT2D eigenvalue weighted by molar-refractivity contribution is 9.10. The molecule has 4 aromatic carbocycles. The van der Waals surface area contributed by atoms with Gasteiger partial charge in [-0.05, 0) is 56.9 Å². The minimum atomic E-state index is 1.12. The Hall–Kier alpha value is -2.38. The Morgan fingerprint density at radius 3 is 1.78 bits per heavy atom. The van der Waals surface area contributed by atoms with E-state index >= 15 is 0 Å². The molecule has 0 heterocycles. The van der Waals surface area contributed by atoms with Gasteiger partial charge in [0.15, 0.2) is 0 Å². The van der Waals surface area contributed by atoms with Crippen LogP contribution >= 0.6 is 15.9 Å². The average molecular weight is 359 g/mol. The third kappa shape index (κ3) is 3.06. The van der Waals surface area contributed by atoms with Gasteiger partial charge in [-0.25, -0.2) is 0 Å². The quantitative estimate of drug-likeness (QED) is 0.341. The molecule has 0 aliphatic carbocycles. The molecule has 4 aromatic rings. The van der Waals surface area contributed by atoms with Gasteiger partial charge < -0.3 is 0 Å². The molecule has 0 fully saturated rings. The van der Waals surface area contributed by atoms with Gasteiger partial charge in [0.2, 0.25) is 0 Å². The molecule has 1 heteroatoms. The van der Waals surface area contributed by atoms with Crippen molar-refractivity contribution in [3.05, 3.63) is 94.5 Å². The molecule has 0 atom stereocenters. The summed E-state index contributed by atoms with van der Waals surface area (Å²) in [7, 11) is 0. The first-order valence-electron chi connectivity index (χ1n) is 7.64. The molecule has 0 saturated heterocycles. The van der Waals surface area contributed by atoms with E-state index in [-0.39, 0.29) is 0 Å². The van der Waals surface area contributed by atoms with Crippen LogP contribution in [0.4, 0.5) is 0 Å². The lowest BCUT2D eigenvalue weighted by molar-refractivity contribution is 1.67.